The van der Waals surface area contributed by atoms with Crippen LogP contribution in [0.25, 0.3) is 0 Å². The molecular formula is C40H69O13P. The van der Waals surface area contributed by atoms with Gasteiger partial charge in [0.15, 0.2) is 6.10 Å². The highest BCUT2D eigenvalue weighted by Crippen LogP contribution is 2.47. The fraction of sp³-hybridized carbons (Fsp3) is 0.750. The minimum absolute atomic E-state index is 0.0139. The number of carbonyl (C=O) groups excluding carboxylic acids is 2. The number of aliphatic hydroxyl groups is 5. The highest BCUT2D eigenvalue weighted by atomic mass is 31.2. The maximum Gasteiger partial charge on any atom is 0.472 e. The molecule has 1 aliphatic carbocycles. The smallest absolute Gasteiger partial charge is 0.462 e. The first-order chi connectivity index (χ1) is 25.9. The summed E-state index contributed by atoms with van der Waals surface area (Å²) in [5.74, 6) is -1.20. The monoisotopic (exact) mass is 788 g/mol. The van der Waals surface area contributed by atoms with Gasteiger partial charge in [0.1, 0.15) is 43.2 Å². The van der Waals surface area contributed by atoms with E-state index in [4.69, 9.17) is 18.5 Å². The third-order valence-electron chi connectivity index (χ3n) is 8.92. The molecule has 1 rings (SSSR count). The molecule has 54 heavy (non-hydrogen) atoms. The predicted molar refractivity (Wildman–Crippen MR) is 207 cm³/mol. The number of rotatable bonds is 31. The summed E-state index contributed by atoms with van der Waals surface area (Å²) in [4.78, 5) is 35.4. The Bertz CT molecular complexity index is 1140. The van der Waals surface area contributed by atoms with Crippen LogP contribution in [0.15, 0.2) is 48.6 Å². The Balaban J connectivity index is 2.59. The largest absolute Gasteiger partial charge is 0.472 e. The molecule has 0 aromatic heterocycles. The minimum Gasteiger partial charge on any atom is -0.462 e. The summed E-state index contributed by atoms with van der Waals surface area (Å²) in [6.07, 6.45) is 20.6. The zero-order valence-corrected chi connectivity index (χ0v) is 33.4. The van der Waals surface area contributed by atoms with Crippen LogP contribution in [-0.4, -0.2) is 98.3 Å². The van der Waals surface area contributed by atoms with Crippen LogP contribution in [0.5, 0.6) is 0 Å². The van der Waals surface area contributed by atoms with Gasteiger partial charge in [0.05, 0.1) is 6.61 Å². The summed E-state index contributed by atoms with van der Waals surface area (Å²) in [7, 11) is -5.13. The van der Waals surface area contributed by atoms with E-state index in [2.05, 4.69) is 50.3 Å². The van der Waals surface area contributed by atoms with E-state index in [9.17, 15) is 44.6 Å². The van der Waals surface area contributed by atoms with E-state index in [0.29, 0.717) is 12.8 Å². The van der Waals surface area contributed by atoms with Gasteiger partial charge in [-0.05, 0) is 57.8 Å². The fourth-order valence-electron chi connectivity index (χ4n) is 5.67. The van der Waals surface area contributed by atoms with Crippen molar-refractivity contribution in [2.75, 3.05) is 13.2 Å². The van der Waals surface area contributed by atoms with Gasteiger partial charge in [-0.3, -0.25) is 18.6 Å². The Morgan fingerprint density at radius 2 is 1.09 bits per heavy atom. The molecule has 0 aromatic rings. The molecule has 6 N–H and O–H groups in total. The van der Waals surface area contributed by atoms with Gasteiger partial charge in [0, 0.05) is 12.8 Å². The zero-order valence-electron chi connectivity index (χ0n) is 32.5. The van der Waals surface area contributed by atoms with Crippen LogP contribution in [0.2, 0.25) is 0 Å². The Kier molecular flexibility index (Phi) is 28.6. The summed E-state index contributed by atoms with van der Waals surface area (Å²) in [5.41, 5.74) is 0. The Hall–Kier alpha value is -2.19. The van der Waals surface area contributed by atoms with Crippen molar-refractivity contribution in [3.8, 4) is 0 Å². The van der Waals surface area contributed by atoms with Crippen molar-refractivity contribution in [1.29, 1.82) is 0 Å². The second kappa shape index (κ2) is 31.0. The first kappa shape index (κ1) is 49.8. The van der Waals surface area contributed by atoms with E-state index in [1.807, 2.05) is 12.2 Å². The molecule has 1 saturated carbocycles. The summed E-state index contributed by atoms with van der Waals surface area (Å²) in [6, 6.07) is 0. The van der Waals surface area contributed by atoms with Crippen LogP contribution in [0, 0.1) is 0 Å². The van der Waals surface area contributed by atoms with Crippen molar-refractivity contribution in [2.24, 2.45) is 0 Å². The molecular weight excluding hydrogens is 719 g/mol. The van der Waals surface area contributed by atoms with E-state index < -0.39 is 75.7 Å². The molecule has 0 radical (unpaired) electrons. The van der Waals surface area contributed by atoms with Gasteiger partial charge in [0.2, 0.25) is 0 Å². The lowest BCUT2D eigenvalue weighted by molar-refractivity contribution is -0.220. The van der Waals surface area contributed by atoms with Crippen LogP contribution < -0.4 is 0 Å². The lowest BCUT2D eigenvalue weighted by Crippen LogP contribution is -2.64. The van der Waals surface area contributed by atoms with Crippen LogP contribution in [0.3, 0.4) is 0 Å². The molecule has 1 fully saturated rings. The van der Waals surface area contributed by atoms with Gasteiger partial charge in [-0.2, -0.15) is 0 Å². The standard InChI is InChI=1S/C40H69O13P/c1-3-5-7-9-11-13-15-17-19-21-23-25-27-29-34(42)52-32(30-50-33(41)28-26-24-22-20-18-16-14-12-10-8-6-4-2)31-51-54(48,49)53-40-38(46)36(44)35(43)37(45)39(40)47/h6,8,12,14,17,19,23,25,32,35-40,43-47H,3-5,7,9-11,13,15-16,18,20-22,24,26-31H2,1-2H3,(H,48,49)/b8-6+,14-12+,19-17+,25-23+/t32?,35?,36-,37?,38?,39?,40?/m1/s1. The quantitative estimate of drug-likeness (QED) is 0.0194. The zero-order chi connectivity index (χ0) is 40.0. The molecule has 7 unspecified atom stereocenters. The first-order valence-electron chi connectivity index (χ1n) is 19.9. The number of carbonyl (C=O) groups is 2. The van der Waals surface area contributed by atoms with E-state index >= 15 is 0 Å². The third kappa shape index (κ3) is 23.7. The van der Waals surface area contributed by atoms with Crippen molar-refractivity contribution >= 4 is 19.8 Å². The van der Waals surface area contributed by atoms with Gasteiger partial charge < -0.3 is 39.9 Å². The van der Waals surface area contributed by atoms with E-state index in [1.54, 1.807) is 0 Å². The molecule has 0 spiro atoms. The van der Waals surface area contributed by atoms with Crippen LogP contribution in [0.1, 0.15) is 136 Å². The Morgan fingerprint density at radius 3 is 1.67 bits per heavy atom. The number of esters is 2. The molecule has 0 saturated heterocycles. The molecule has 1 aliphatic rings. The van der Waals surface area contributed by atoms with Crippen LogP contribution >= 0.6 is 7.82 Å². The number of phosphoric ester groups is 1. The fourth-order valence-corrected chi connectivity index (χ4v) is 6.64. The summed E-state index contributed by atoms with van der Waals surface area (Å²) in [6.45, 7) is 3.08. The molecule has 0 heterocycles. The number of phosphoric acid groups is 1. The van der Waals surface area contributed by atoms with Gasteiger partial charge in [-0.15, -0.1) is 0 Å². The number of hydrogen-bond acceptors (Lipinski definition) is 12. The number of aliphatic hydroxyl groups excluding tert-OH is 5. The van der Waals surface area contributed by atoms with Gasteiger partial charge >= 0.3 is 19.8 Å². The van der Waals surface area contributed by atoms with Crippen LogP contribution in [-0.2, 0) is 32.7 Å². The maximum atomic E-state index is 12.7. The SMILES string of the molecule is CC/C=C/C/C=C/CCCCCCCC(=O)OCC(COP(=O)(O)OC1C(O)C(O)C(O)[C@@H](O)C1O)OC(=O)CC/C=C/C/C=C/CCCCCCCC. The Morgan fingerprint density at radius 1 is 0.593 bits per heavy atom. The molecule has 8 atom stereocenters. The Labute approximate surface area is 322 Å². The van der Waals surface area contributed by atoms with Gasteiger partial charge in [-0.25, -0.2) is 4.57 Å². The van der Waals surface area contributed by atoms with Gasteiger partial charge in [0.25, 0.3) is 0 Å². The highest BCUT2D eigenvalue weighted by Gasteiger charge is 2.51. The maximum absolute atomic E-state index is 12.7. The van der Waals surface area contributed by atoms with Gasteiger partial charge in [-0.1, -0.05) is 114 Å². The van der Waals surface area contributed by atoms with Crippen molar-refractivity contribution in [3.63, 3.8) is 0 Å². The topological polar surface area (TPSA) is 210 Å². The van der Waals surface area contributed by atoms with E-state index in [-0.39, 0.29) is 12.8 Å². The van der Waals surface area contributed by atoms with E-state index in [0.717, 1.165) is 57.8 Å². The number of hydrogen-bond donors (Lipinski definition) is 6. The molecule has 0 bridgehead atoms. The van der Waals surface area contributed by atoms with Crippen molar-refractivity contribution in [3.05, 3.63) is 48.6 Å². The molecule has 312 valence electrons. The highest BCUT2D eigenvalue weighted by molar-refractivity contribution is 7.47. The third-order valence-corrected chi connectivity index (χ3v) is 9.90. The minimum atomic E-state index is -5.13. The van der Waals surface area contributed by atoms with Crippen LogP contribution in [0.4, 0.5) is 0 Å². The second-order valence-corrected chi connectivity index (χ2v) is 15.2. The lowest BCUT2D eigenvalue weighted by atomic mass is 9.85. The average molecular weight is 789 g/mol. The van der Waals surface area contributed by atoms with E-state index in [1.165, 1.54) is 38.5 Å². The normalized spacial score (nSPS) is 23.8. The molecule has 0 aliphatic heterocycles. The first-order valence-corrected chi connectivity index (χ1v) is 21.4. The number of ether oxygens (including phenoxy) is 2. The molecule has 0 aromatic carbocycles. The lowest BCUT2D eigenvalue weighted by Gasteiger charge is -2.41. The average Bonchev–Trinajstić information content (AvgIpc) is 3.15. The van der Waals surface area contributed by atoms with Crippen molar-refractivity contribution in [2.45, 2.75) is 179 Å². The second-order valence-electron chi connectivity index (χ2n) is 13.7. The molecule has 0 amide bonds. The number of allylic oxidation sites excluding steroid dienone is 8. The van der Waals surface area contributed by atoms with Crippen molar-refractivity contribution in [1.82, 2.24) is 0 Å². The summed E-state index contributed by atoms with van der Waals surface area (Å²) < 4.78 is 33.2. The molecule has 14 heteroatoms. The summed E-state index contributed by atoms with van der Waals surface area (Å²) >= 11 is 0. The summed E-state index contributed by atoms with van der Waals surface area (Å²) in [5, 5.41) is 49.9. The predicted octanol–water partition coefficient (Wildman–Crippen LogP) is 6.44. The van der Waals surface area contributed by atoms with Crippen molar-refractivity contribution < 1.29 is 63.1 Å². The molecule has 13 nitrogen and oxygen atoms in total. The number of unbranched alkanes of at least 4 members (excludes halogenated alkanes) is 11.